The smallest absolute Gasteiger partial charge is 0.241 e. The van der Waals surface area contributed by atoms with E-state index >= 15 is 0 Å². The van der Waals surface area contributed by atoms with Crippen LogP contribution in [0.15, 0.2) is 18.2 Å². The maximum absolute atomic E-state index is 12.0. The topological polar surface area (TPSA) is 53.6 Å². The first kappa shape index (κ1) is 14.9. The summed E-state index contributed by atoms with van der Waals surface area (Å²) in [5, 5.41) is 6.17. The first-order valence-electron chi connectivity index (χ1n) is 6.76. The Morgan fingerprint density at radius 2 is 2.35 bits per heavy atom. The molecule has 1 amide bonds. The van der Waals surface area contributed by atoms with Crippen molar-refractivity contribution in [1.82, 2.24) is 5.32 Å². The first-order valence-corrected chi connectivity index (χ1v) is 6.76. The van der Waals surface area contributed by atoms with Gasteiger partial charge in [0, 0.05) is 12.7 Å². The molecule has 1 aromatic rings. The molecule has 0 saturated carbocycles. The summed E-state index contributed by atoms with van der Waals surface area (Å²) in [6, 6.07) is 5.74. The van der Waals surface area contributed by atoms with Crippen LogP contribution >= 0.6 is 12.4 Å². The number of carbonyl (C=O) groups excluding carboxylic acids is 1. The van der Waals surface area contributed by atoms with Crippen molar-refractivity contribution in [2.45, 2.75) is 18.9 Å². The number of carbonyl (C=O) groups is 1. The molecule has 0 aromatic heterocycles. The zero-order valence-corrected chi connectivity index (χ0v) is 12.3. The van der Waals surface area contributed by atoms with Crippen LogP contribution in [-0.2, 0) is 4.79 Å². The second-order valence-corrected chi connectivity index (χ2v) is 5.09. The Kier molecular flexibility index (Phi) is 4.73. The van der Waals surface area contributed by atoms with Gasteiger partial charge in [0.2, 0.25) is 5.91 Å². The molecule has 110 valence electrons. The number of rotatable bonds is 2. The lowest BCUT2D eigenvalue weighted by Gasteiger charge is -2.28. The number of ether oxygens (including phenoxy) is 1. The number of halogens is 1. The van der Waals surface area contributed by atoms with Crippen LogP contribution in [0.2, 0.25) is 0 Å². The standard InChI is InChI=1S/C14H19N3O2.ClH/c1-17-7-8-19-13-5-4-10(9-12(13)17)16-14(18)11-3-2-6-15-11;/h4-5,9,11,15H,2-3,6-8H2,1H3,(H,16,18);1H. The van der Waals surface area contributed by atoms with E-state index in [0.29, 0.717) is 6.61 Å². The van der Waals surface area contributed by atoms with Crippen LogP contribution in [0.25, 0.3) is 0 Å². The maximum Gasteiger partial charge on any atom is 0.241 e. The molecule has 1 atom stereocenters. The minimum absolute atomic E-state index is 0. The molecule has 1 unspecified atom stereocenters. The number of nitrogens with one attached hydrogen (secondary N) is 2. The van der Waals surface area contributed by atoms with E-state index in [9.17, 15) is 4.79 Å². The van der Waals surface area contributed by atoms with Gasteiger partial charge in [0.1, 0.15) is 12.4 Å². The van der Waals surface area contributed by atoms with Crippen molar-refractivity contribution in [1.29, 1.82) is 0 Å². The van der Waals surface area contributed by atoms with Crippen molar-refractivity contribution in [3.8, 4) is 5.75 Å². The van der Waals surface area contributed by atoms with Gasteiger partial charge in [0.05, 0.1) is 18.3 Å². The molecule has 0 radical (unpaired) electrons. The fourth-order valence-corrected chi connectivity index (χ4v) is 2.57. The van der Waals surface area contributed by atoms with E-state index in [1.807, 2.05) is 25.2 Å². The van der Waals surface area contributed by atoms with Crippen molar-refractivity contribution >= 4 is 29.7 Å². The van der Waals surface area contributed by atoms with E-state index < -0.39 is 0 Å². The maximum atomic E-state index is 12.0. The molecule has 1 saturated heterocycles. The minimum atomic E-state index is -0.0509. The number of hydrogen-bond donors (Lipinski definition) is 2. The predicted octanol–water partition coefficient (Wildman–Crippen LogP) is 1.63. The van der Waals surface area contributed by atoms with Gasteiger partial charge < -0.3 is 20.3 Å². The van der Waals surface area contributed by atoms with Crippen molar-refractivity contribution in [3.63, 3.8) is 0 Å². The Labute approximate surface area is 125 Å². The van der Waals surface area contributed by atoms with Crippen LogP contribution in [0.4, 0.5) is 11.4 Å². The minimum Gasteiger partial charge on any atom is -0.490 e. The molecular weight excluding hydrogens is 278 g/mol. The summed E-state index contributed by atoms with van der Waals surface area (Å²) in [4.78, 5) is 14.2. The molecule has 2 aliphatic rings. The number of nitrogens with zero attached hydrogens (tertiary/aromatic N) is 1. The number of hydrogen-bond acceptors (Lipinski definition) is 4. The predicted molar refractivity (Wildman–Crippen MR) is 82.1 cm³/mol. The molecule has 1 aromatic carbocycles. The highest BCUT2D eigenvalue weighted by Crippen LogP contribution is 2.33. The lowest BCUT2D eigenvalue weighted by atomic mass is 10.2. The van der Waals surface area contributed by atoms with Gasteiger partial charge in [-0.25, -0.2) is 0 Å². The fourth-order valence-electron chi connectivity index (χ4n) is 2.57. The van der Waals surface area contributed by atoms with Crippen LogP contribution in [0, 0.1) is 0 Å². The fraction of sp³-hybridized carbons (Fsp3) is 0.500. The van der Waals surface area contributed by atoms with Gasteiger partial charge in [0.25, 0.3) is 0 Å². The molecule has 1 fully saturated rings. The summed E-state index contributed by atoms with van der Waals surface area (Å²) in [7, 11) is 2.03. The van der Waals surface area contributed by atoms with Crippen LogP contribution in [-0.4, -0.2) is 38.7 Å². The SMILES string of the molecule is CN1CCOc2ccc(NC(=O)C3CCCN3)cc21.Cl. The van der Waals surface area contributed by atoms with Crippen molar-refractivity contribution < 1.29 is 9.53 Å². The van der Waals surface area contributed by atoms with E-state index in [0.717, 1.165) is 43.1 Å². The number of anilines is 2. The first-order chi connectivity index (χ1) is 9.24. The molecule has 2 heterocycles. The molecule has 3 rings (SSSR count). The quantitative estimate of drug-likeness (QED) is 0.871. The Balaban J connectivity index is 0.00000147. The Bertz CT molecular complexity index is 489. The molecule has 0 aliphatic carbocycles. The molecule has 2 N–H and O–H groups in total. The van der Waals surface area contributed by atoms with Gasteiger partial charge >= 0.3 is 0 Å². The third kappa shape index (κ3) is 2.99. The summed E-state index contributed by atoms with van der Waals surface area (Å²) in [6.07, 6.45) is 1.98. The third-order valence-electron chi connectivity index (χ3n) is 3.70. The highest BCUT2D eigenvalue weighted by atomic mass is 35.5. The van der Waals surface area contributed by atoms with Gasteiger partial charge in [-0.1, -0.05) is 0 Å². The summed E-state index contributed by atoms with van der Waals surface area (Å²) >= 11 is 0. The number of amides is 1. The summed E-state index contributed by atoms with van der Waals surface area (Å²) in [5.74, 6) is 0.933. The lowest BCUT2D eigenvalue weighted by molar-refractivity contribution is -0.117. The number of benzene rings is 1. The largest absolute Gasteiger partial charge is 0.490 e. The average Bonchev–Trinajstić information content (AvgIpc) is 2.94. The Morgan fingerprint density at radius 3 is 3.10 bits per heavy atom. The van der Waals surface area contributed by atoms with E-state index in [4.69, 9.17) is 4.74 Å². The van der Waals surface area contributed by atoms with Gasteiger partial charge in [-0.05, 0) is 37.6 Å². The van der Waals surface area contributed by atoms with Gasteiger partial charge in [0.15, 0.2) is 0 Å². The highest BCUT2D eigenvalue weighted by Gasteiger charge is 2.22. The third-order valence-corrected chi connectivity index (χ3v) is 3.70. The van der Waals surface area contributed by atoms with Crippen molar-refractivity contribution in [2.24, 2.45) is 0 Å². The van der Waals surface area contributed by atoms with Gasteiger partial charge in [-0.2, -0.15) is 0 Å². The van der Waals surface area contributed by atoms with E-state index in [1.165, 1.54) is 0 Å². The Morgan fingerprint density at radius 1 is 1.50 bits per heavy atom. The molecule has 2 aliphatic heterocycles. The molecule has 5 nitrogen and oxygen atoms in total. The molecule has 20 heavy (non-hydrogen) atoms. The van der Waals surface area contributed by atoms with Crippen molar-refractivity contribution in [3.05, 3.63) is 18.2 Å². The normalized spacial score (nSPS) is 20.6. The van der Waals surface area contributed by atoms with E-state index in [2.05, 4.69) is 15.5 Å². The summed E-state index contributed by atoms with van der Waals surface area (Å²) in [5.41, 5.74) is 1.86. The highest BCUT2D eigenvalue weighted by molar-refractivity contribution is 5.95. The van der Waals surface area contributed by atoms with Crippen LogP contribution in [0.1, 0.15) is 12.8 Å². The lowest BCUT2D eigenvalue weighted by Crippen LogP contribution is -2.35. The second-order valence-electron chi connectivity index (χ2n) is 5.09. The monoisotopic (exact) mass is 297 g/mol. The number of fused-ring (bicyclic) bond motifs is 1. The molecule has 0 bridgehead atoms. The van der Waals surface area contributed by atoms with Gasteiger partial charge in [-0.15, -0.1) is 12.4 Å². The van der Waals surface area contributed by atoms with E-state index in [1.54, 1.807) is 0 Å². The zero-order chi connectivity index (χ0) is 13.2. The zero-order valence-electron chi connectivity index (χ0n) is 11.5. The molecular formula is C14H20ClN3O2. The molecule has 6 heteroatoms. The molecule has 0 spiro atoms. The average molecular weight is 298 g/mol. The number of likely N-dealkylation sites (N-methyl/N-ethyl adjacent to an activating group) is 1. The van der Waals surface area contributed by atoms with Gasteiger partial charge in [-0.3, -0.25) is 4.79 Å². The van der Waals surface area contributed by atoms with Crippen LogP contribution in [0.5, 0.6) is 5.75 Å². The second kappa shape index (κ2) is 6.33. The van der Waals surface area contributed by atoms with Crippen LogP contribution in [0.3, 0.4) is 0 Å². The van der Waals surface area contributed by atoms with Crippen LogP contribution < -0.4 is 20.3 Å². The van der Waals surface area contributed by atoms with E-state index in [-0.39, 0.29) is 24.4 Å². The Hall–Kier alpha value is -1.46. The summed E-state index contributed by atoms with van der Waals surface area (Å²) in [6.45, 7) is 2.51. The summed E-state index contributed by atoms with van der Waals surface area (Å²) < 4.78 is 5.59. The van der Waals surface area contributed by atoms with Crippen molar-refractivity contribution in [2.75, 3.05) is 37.0 Å².